The number of carbonyl (C=O) groups is 2. The zero-order chi connectivity index (χ0) is 21.2. The number of methoxy groups -OCH3 is 2. The highest BCUT2D eigenvalue weighted by Gasteiger charge is 2.54. The smallest absolute Gasteiger partial charge is 0.337 e. The van der Waals surface area contributed by atoms with Crippen molar-refractivity contribution in [1.82, 2.24) is 9.80 Å². The molecule has 1 aromatic carbocycles. The fraction of sp³-hybridized carbons (Fsp3) is 0.619. The molecule has 2 fully saturated rings. The molecule has 29 heavy (non-hydrogen) atoms. The molecule has 1 atom stereocenters. The first-order chi connectivity index (χ1) is 13.7. The second kappa shape index (κ2) is 8.26. The highest BCUT2D eigenvalue weighted by atomic mass is 19.3. The Kier molecular flexibility index (Phi) is 6.12. The molecule has 1 amide bonds. The van der Waals surface area contributed by atoms with Crippen LogP contribution >= 0.6 is 0 Å². The van der Waals surface area contributed by atoms with Gasteiger partial charge in [0.05, 0.1) is 31.7 Å². The molecule has 2 heterocycles. The Bertz CT molecular complexity index is 786. The number of alkyl halides is 2. The largest absolute Gasteiger partial charge is 0.496 e. The van der Waals surface area contributed by atoms with Gasteiger partial charge in [-0.05, 0) is 38.0 Å². The van der Waals surface area contributed by atoms with E-state index in [1.807, 2.05) is 6.92 Å². The summed E-state index contributed by atoms with van der Waals surface area (Å²) in [5.74, 6) is -3.13. The SMILES string of the molecule is CCN1CCCC2(CN(Cc3cc(C(=O)OC)ccc3OC)CC(F)(F)C2)C1=O. The molecule has 6 nitrogen and oxygen atoms in total. The van der Waals surface area contributed by atoms with Crippen molar-refractivity contribution in [3.63, 3.8) is 0 Å². The summed E-state index contributed by atoms with van der Waals surface area (Å²) >= 11 is 0. The minimum atomic E-state index is -2.96. The summed E-state index contributed by atoms with van der Waals surface area (Å²) in [5, 5.41) is 0. The fourth-order valence-electron chi connectivity index (χ4n) is 4.68. The molecule has 0 aliphatic carbocycles. The third-order valence-electron chi connectivity index (χ3n) is 5.88. The lowest BCUT2D eigenvalue weighted by Crippen LogP contribution is -2.60. The van der Waals surface area contributed by atoms with Crippen LogP contribution in [0.4, 0.5) is 8.78 Å². The lowest BCUT2D eigenvalue weighted by Gasteiger charge is -2.49. The first-order valence-electron chi connectivity index (χ1n) is 9.88. The summed E-state index contributed by atoms with van der Waals surface area (Å²) in [7, 11) is 2.78. The van der Waals surface area contributed by atoms with Crippen molar-refractivity contribution in [2.45, 2.75) is 38.7 Å². The molecule has 1 aromatic rings. The van der Waals surface area contributed by atoms with Crippen LogP contribution in [0.3, 0.4) is 0 Å². The highest BCUT2D eigenvalue weighted by Crippen LogP contribution is 2.45. The maximum atomic E-state index is 14.7. The number of benzene rings is 1. The zero-order valence-electron chi connectivity index (χ0n) is 17.2. The number of hydrogen-bond acceptors (Lipinski definition) is 5. The van der Waals surface area contributed by atoms with E-state index in [9.17, 15) is 18.4 Å². The van der Waals surface area contributed by atoms with Crippen LogP contribution in [0, 0.1) is 5.41 Å². The van der Waals surface area contributed by atoms with Crippen molar-refractivity contribution >= 4 is 11.9 Å². The number of esters is 1. The molecule has 0 N–H and O–H groups in total. The molecule has 8 heteroatoms. The molecule has 3 rings (SSSR count). The van der Waals surface area contributed by atoms with Crippen LogP contribution in [0.2, 0.25) is 0 Å². The Balaban J connectivity index is 1.89. The number of nitrogens with zero attached hydrogens (tertiary/aromatic N) is 2. The van der Waals surface area contributed by atoms with Gasteiger partial charge in [0.2, 0.25) is 5.91 Å². The molecule has 2 aliphatic rings. The van der Waals surface area contributed by atoms with E-state index in [0.29, 0.717) is 36.4 Å². The summed E-state index contributed by atoms with van der Waals surface area (Å²) in [6.07, 6.45) is 0.781. The predicted octanol–water partition coefficient (Wildman–Crippen LogP) is 2.95. The van der Waals surface area contributed by atoms with Crippen LogP contribution in [0.5, 0.6) is 5.75 Å². The van der Waals surface area contributed by atoms with Crippen LogP contribution in [0.1, 0.15) is 42.1 Å². The van der Waals surface area contributed by atoms with Gasteiger partial charge in [-0.2, -0.15) is 0 Å². The molecule has 0 aromatic heterocycles. The fourth-order valence-corrected chi connectivity index (χ4v) is 4.68. The molecule has 1 unspecified atom stereocenters. The van der Waals surface area contributed by atoms with E-state index in [1.165, 1.54) is 14.2 Å². The third-order valence-corrected chi connectivity index (χ3v) is 5.88. The monoisotopic (exact) mass is 410 g/mol. The summed E-state index contributed by atoms with van der Waals surface area (Å²) in [6, 6.07) is 4.80. The highest BCUT2D eigenvalue weighted by molar-refractivity contribution is 5.89. The Morgan fingerprint density at radius 1 is 1.24 bits per heavy atom. The summed E-state index contributed by atoms with van der Waals surface area (Å²) in [6.45, 7) is 3.02. The number of likely N-dealkylation sites (tertiary alicyclic amines) is 2. The van der Waals surface area contributed by atoms with Gasteiger partial charge >= 0.3 is 5.97 Å². The van der Waals surface area contributed by atoms with Crippen LogP contribution < -0.4 is 4.74 Å². The summed E-state index contributed by atoms with van der Waals surface area (Å²) in [4.78, 5) is 28.2. The minimum Gasteiger partial charge on any atom is -0.496 e. The van der Waals surface area contributed by atoms with Crippen molar-refractivity contribution in [3.05, 3.63) is 29.3 Å². The van der Waals surface area contributed by atoms with Gasteiger partial charge in [0, 0.05) is 38.2 Å². The topological polar surface area (TPSA) is 59.1 Å². The third kappa shape index (κ3) is 4.37. The molecule has 2 saturated heterocycles. The van der Waals surface area contributed by atoms with Crippen LogP contribution in [-0.4, -0.2) is 68.0 Å². The normalized spacial score (nSPS) is 24.6. The number of rotatable bonds is 5. The zero-order valence-corrected chi connectivity index (χ0v) is 17.2. The van der Waals surface area contributed by atoms with E-state index in [0.717, 1.165) is 6.42 Å². The lowest BCUT2D eigenvalue weighted by molar-refractivity contribution is -0.170. The number of hydrogen-bond donors (Lipinski definition) is 0. The quantitative estimate of drug-likeness (QED) is 0.699. The second-order valence-corrected chi connectivity index (χ2v) is 7.96. The lowest BCUT2D eigenvalue weighted by atomic mass is 9.71. The van der Waals surface area contributed by atoms with Gasteiger partial charge in [-0.3, -0.25) is 9.69 Å². The van der Waals surface area contributed by atoms with E-state index in [-0.39, 0.29) is 19.0 Å². The molecule has 0 radical (unpaired) electrons. The first-order valence-corrected chi connectivity index (χ1v) is 9.88. The van der Waals surface area contributed by atoms with E-state index >= 15 is 0 Å². The Labute approximate surface area is 169 Å². The molecule has 160 valence electrons. The minimum absolute atomic E-state index is 0.157. The summed E-state index contributed by atoms with van der Waals surface area (Å²) in [5.41, 5.74) is -0.130. The van der Waals surface area contributed by atoms with Gasteiger partial charge < -0.3 is 14.4 Å². The first kappa shape index (κ1) is 21.5. The van der Waals surface area contributed by atoms with E-state index in [2.05, 4.69) is 0 Å². The van der Waals surface area contributed by atoms with Crippen molar-refractivity contribution in [3.8, 4) is 5.75 Å². The number of halogens is 2. The van der Waals surface area contributed by atoms with Gasteiger partial charge in [-0.1, -0.05) is 0 Å². The Hall–Kier alpha value is -2.22. The number of piperidine rings is 2. The van der Waals surface area contributed by atoms with Crippen LogP contribution in [0.25, 0.3) is 0 Å². The van der Waals surface area contributed by atoms with Crippen molar-refractivity contribution in [2.75, 3.05) is 40.4 Å². The van der Waals surface area contributed by atoms with Crippen LogP contribution in [0.15, 0.2) is 18.2 Å². The molecule has 0 saturated carbocycles. The van der Waals surface area contributed by atoms with E-state index < -0.39 is 30.3 Å². The maximum Gasteiger partial charge on any atom is 0.337 e. The van der Waals surface area contributed by atoms with Gasteiger partial charge in [0.1, 0.15) is 5.75 Å². The van der Waals surface area contributed by atoms with Crippen molar-refractivity contribution in [1.29, 1.82) is 0 Å². The number of carbonyl (C=O) groups excluding carboxylic acids is 2. The van der Waals surface area contributed by atoms with Crippen LogP contribution in [-0.2, 0) is 16.1 Å². The van der Waals surface area contributed by atoms with E-state index in [1.54, 1.807) is 28.0 Å². The Morgan fingerprint density at radius 2 is 2.00 bits per heavy atom. The molecule has 2 aliphatic heterocycles. The molecular weight excluding hydrogens is 382 g/mol. The van der Waals surface area contributed by atoms with Gasteiger partial charge in [-0.25, -0.2) is 13.6 Å². The standard InChI is InChI=1S/C21H28F2N2O4/c1-4-25-9-5-8-20(19(25)27)12-21(22,23)14-24(13-20)11-16-10-15(18(26)29-3)6-7-17(16)28-2/h6-7,10H,4-5,8-9,11-14H2,1-3H3. The Morgan fingerprint density at radius 3 is 2.66 bits per heavy atom. The van der Waals surface area contributed by atoms with Crippen molar-refractivity contribution < 1.29 is 27.8 Å². The van der Waals surface area contributed by atoms with Crippen molar-refractivity contribution in [2.24, 2.45) is 5.41 Å². The van der Waals surface area contributed by atoms with Gasteiger partial charge in [0.25, 0.3) is 5.92 Å². The average molecular weight is 410 g/mol. The number of ether oxygens (including phenoxy) is 2. The van der Waals surface area contributed by atoms with Gasteiger partial charge in [0.15, 0.2) is 0 Å². The summed E-state index contributed by atoms with van der Waals surface area (Å²) < 4.78 is 39.5. The average Bonchev–Trinajstić information content (AvgIpc) is 2.68. The molecule has 0 bridgehead atoms. The maximum absolute atomic E-state index is 14.7. The number of amides is 1. The van der Waals surface area contributed by atoms with E-state index in [4.69, 9.17) is 9.47 Å². The molecular formula is C21H28F2N2O4. The molecule has 1 spiro atoms. The van der Waals surface area contributed by atoms with Gasteiger partial charge in [-0.15, -0.1) is 0 Å². The predicted molar refractivity (Wildman–Crippen MR) is 103 cm³/mol. The second-order valence-electron chi connectivity index (χ2n) is 7.96.